The molecule has 1 radical (unpaired) electrons. The molecule has 0 fully saturated rings. The average molecular weight is 263 g/mol. The Hall–Kier alpha value is -1.35. The SMILES string of the molecule is CC[C](CCCOC(=O)CC)OCc1ccccc1. The lowest BCUT2D eigenvalue weighted by atomic mass is 10.1. The Balaban J connectivity index is 2.17. The molecule has 0 saturated heterocycles. The Morgan fingerprint density at radius 1 is 1.05 bits per heavy atom. The maximum Gasteiger partial charge on any atom is 0.305 e. The zero-order valence-electron chi connectivity index (χ0n) is 11.9. The van der Waals surface area contributed by atoms with E-state index in [0.29, 0.717) is 19.6 Å². The van der Waals surface area contributed by atoms with E-state index in [4.69, 9.17) is 9.47 Å². The molecule has 1 rings (SSSR count). The molecule has 0 bridgehead atoms. The monoisotopic (exact) mass is 263 g/mol. The highest BCUT2D eigenvalue weighted by Crippen LogP contribution is 2.17. The van der Waals surface area contributed by atoms with Crippen molar-refractivity contribution in [1.29, 1.82) is 0 Å². The molecule has 0 unspecified atom stereocenters. The molecule has 1 aromatic rings. The van der Waals surface area contributed by atoms with Gasteiger partial charge in [0.15, 0.2) is 0 Å². The predicted molar refractivity (Wildman–Crippen MR) is 75.2 cm³/mol. The van der Waals surface area contributed by atoms with Crippen molar-refractivity contribution in [3.05, 3.63) is 42.0 Å². The third-order valence-corrected chi connectivity index (χ3v) is 2.83. The first-order valence-electron chi connectivity index (χ1n) is 6.93. The van der Waals surface area contributed by atoms with Crippen molar-refractivity contribution in [3.8, 4) is 0 Å². The van der Waals surface area contributed by atoms with Crippen molar-refractivity contribution in [2.75, 3.05) is 6.61 Å². The van der Waals surface area contributed by atoms with Crippen molar-refractivity contribution >= 4 is 5.97 Å². The zero-order valence-corrected chi connectivity index (χ0v) is 11.9. The van der Waals surface area contributed by atoms with Crippen LogP contribution >= 0.6 is 0 Å². The Morgan fingerprint density at radius 2 is 1.79 bits per heavy atom. The molecule has 0 heterocycles. The fraction of sp³-hybridized carbons (Fsp3) is 0.500. The van der Waals surface area contributed by atoms with Crippen LogP contribution in [0.4, 0.5) is 0 Å². The van der Waals surface area contributed by atoms with Gasteiger partial charge in [0, 0.05) is 6.42 Å². The minimum atomic E-state index is -0.136. The Labute approximate surface area is 115 Å². The fourth-order valence-corrected chi connectivity index (χ4v) is 1.67. The molecule has 105 valence electrons. The standard InChI is InChI=1S/C16H23O3/c1-3-15(11-8-12-18-16(17)4-2)19-13-14-9-6-5-7-10-14/h5-7,9-10H,3-4,8,11-13H2,1-2H3. The van der Waals surface area contributed by atoms with E-state index in [9.17, 15) is 4.79 Å². The average Bonchev–Trinajstić information content (AvgIpc) is 2.47. The van der Waals surface area contributed by atoms with Crippen molar-refractivity contribution in [3.63, 3.8) is 0 Å². The van der Waals surface area contributed by atoms with Crippen LogP contribution in [0, 0.1) is 6.10 Å². The topological polar surface area (TPSA) is 35.5 Å². The second-order valence-electron chi connectivity index (χ2n) is 4.34. The van der Waals surface area contributed by atoms with Crippen LogP contribution in [0.5, 0.6) is 0 Å². The van der Waals surface area contributed by atoms with Gasteiger partial charge in [0.1, 0.15) is 0 Å². The largest absolute Gasteiger partial charge is 0.466 e. The molecule has 0 aliphatic rings. The van der Waals surface area contributed by atoms with Crippen LogP contribution in [-0.2, 0) is 20.9 Å². The Kier molecular flexibility index (Phi) is 7.91. The van der Waals surface area contributed by atoms with Crippen molar-refractivity contribution in [2.24, 2.45) is 0 Å². The summed E-state index contributed by atoms with van der Waals surface area (Å²) in [5, 5.41) is 0. The second-order valence-corrected chi connectivity index (χ2v) is 4.34. The smallest absolute Gasteiger partial charge is 0.305 e. The Morgan fingerprint density at radius 3 is 2.42 bits per heavy atom. The number of esters is 1. The van der Waals surface area contributed by atoms with Gasteiger partial charge in [-0.05, 0) is 24.8 Å². The molecule has 0 atom stereocenters. The number of ether oxygens (including phenoxy) is 2. The molecule has 0 saturated carbocycles. The van der Waals surface area contributed by atoms with E-state index in [1.54, 1.807) is 6.92 Å². The van der Waals surface area contributed by atoms with Crippen LogP contribution in [0.3, 0.4) is 0 Å². The molecule has 0 aliphatic carbocycles. The van der Waals surface area contributed by atoms with E-state index in [1.165, 1.54) is 5.56 Å². The van der Waals surface area contributed by atoms with Crippen molar-refractivity contribution in [2.45, 2.75) is 46.1 Å². The number of benzene rings is 1. The first kappa shape index (κ1) is 15.7. The number of rotatable bonds is 9. The lowest BCUT2D eigenvalue weighted by Gasteiger charge is -2.15. The van der Waals surface area contributed by atoms with Crippen molar-refractivity contribution in [1.82, 2.24) is 0 Å². The molecular formula is C16H23O3. The van der Waals surface area contributed by atoms with E-state index in [2.05, 4.69) is 19.1 Å². The number of hydrogen-bond acceptors (Lipinski definition) is 3. The summed E-state index contributed by atoms with van der Waals surface area (Å²) in [5.74, 6) is -0.136. The quantitative estimate of drug-likeness (QED) is 0.501. The van der Waals surface area contributed by atoms with E-state index in [0.717, 1.165) is 25.4 Å². The van der Waals surface area contributed by atoms with Crippen LogP contribution in [0.1, 0.15) is 45.1 Å². The lowest BCUT2D eigenvalue weighted by Crippen LogP contribution is -2.07. The molecule has 0 amide bonds. The van der Waals surface area contributed by atoms with E-state index >= 15 is 0 Å². The molecule has 0 aliphatic heterocycles. The maximum absolute atomic E-state index is 11.0. The molecule has 0 spiro atoms. The summed E-state index contributed by atoms with van der Waals surface area (Å²) in [5.41, 5.74) is 1.17. The van der Waals surface area contributed by atoms with Gasteiger partial charge < -0.3 is 9.47 Å². The zero-order chi connectivity index (χ0) is 13.9. The minimum Gasteiger partial charge on any atom is -0.466 e. The van der Waals surface area contributed by atoms with Crippen LogP contribution in [-0.4, -0.2) is 12.6 Å². The van der Waals surface area contributed by atoms with Gasteiger partial charge in [0.2, 0.25) is 0 Å². The summed E-state index contributed by atoms with van der Waals surface area (Å²) in [6.45, 7) is 4.97. The molecule has 1 aromatic carbocycles. The van der Waals surface area contributed by atoms with Gasteiger partial charge in [0.25, 0.3) is 0 Å². The first-order valence-corrected chi connectivity index (χ1v) is 6.93. The van der Waals surface area contributed by atoms with Gasteiger partial charge in [0.05, 0.1) is 19.3 Å². The van der Waals surface area contributed by atoms with Crippen LogP contribution in [0.25, 0.3) is 0 Å². The second kappa shape index (κ2) is 9.56. The summed E-state index contributed by atoms with van der Waals surface area (Å²) >= 11 is 0. The van der Waals surface area contributed by atoms with Crippen molar-refractivity contribution < 1.29 is 14.3 Å². The lowest BCUT2D eigenvalue weighted by molar-refractivity contribution is -0.143. The van der Waals surface area contributed by atoms with Gasteiger partial charge >= 0.3 is 5.97 Å². The van der Waals surface area contributed by atoms with Gasteiger partial charge in [-0.1, -0.05) is 44.2 Å². The molecule has 3 nitrogen and oxygen atoms in total. The summed E-state index contributed by atoms with van der Waals surface area (Å²) < 4.78 is 10.8. The molecule has 0 aromatic heterocycles. The van der Waals surface area contributed by atoms with Gasteiger partial charge in [-0.25, -0.2) is 0 Å². The van der Waals surface area contributed by atoms with Crippen LogP contribution in [0.2, 0.25) is 0 Å². The Bertz CT molecular complexity index is 348. The number of hydrogen-bond donors (Lipinski definition) is 0. The fourth-order valence-electron chi connectivity index (χ4n) is 1.67. The van der Waals surface area contributed by atoms with Gasteiger partial charge in [-0.15, -0.1) is 0 Å². The third-order valence-electron chi connectivity index (χ3n) is 2.83. The maximum atomic E-state index is 11.0. The van der Waals surface area contributed by atoms with Crippen LogP contribution < -0.4 is 0 Å². The molecular weight excluding hydrogens is 240 g/mol. The highest BCUT2D eigenvalue weighted by molar-refractivity contribution is 5.68. The first-order chi connectivity index (χ1) is 9.26. The van der Waals surface area contributed by atoms with E-state index < -0.39 is 0 Å². The third kappa shape index (κ3) is 6.97. The summed E-state index contributed by atoms with van der Waals surface area (Å²) in [7, 11) is 0. The van der Waals surface area contributed by atoms with Gasteiger partial charge in [-0.2, -0.15) is 0 Å². The molecule has 0 N–H and O–H groups in total. The highest BCUT2D eigenvalue weighted by Gasteiger charge is 2.08. The summed E-state index contributed by atoms with van der Waals surface area (Å²) in [4.78, 5) is 11.0. The van der Waals surface area contributed by atoms with Gasteiger partial charge in [-0.3, -0.25) is 4.79 Å². The summed E-state index contributed by atoms with van der Waals surface area (Å²) in [6.07, 6.45) is 4.07. The predicted octanol–water partition coefficient (Wildman–Crippen LogP) is 3.88. The number of carbonyl (C=O) groups excluding carboxylic acids is 1. The van der Waals surface area contributed by atoms with E-state index in [-0.39, 0.29) is 5.97 Å². The van der Waals surface area contributed by atoms with E-state index in [1.807, 2.05) is 18.2 Å². The highest BCUT2D eigenvalue weighted by atomic mass is 16.5. The molecule has 3 heteroatoms. The van der Waals surface area contributed by atoms with Crippen LogP contribution in [0.15, 0.2) is 30.3 Å². The summed E-state index contributed by atoms with van der Waals surface area (Å²) in [6, 6.07) is 10.1. The number of carbonyl (C=O) groups is 1. The molecule has 19 heavy (non-hydrogen) atoms. The normalized spacial score (nSPS) is 10.7. The minimum absolute atomic E-state index is 0.136.